The molecule has 0 fully saturated rings. The summed E-state index contributed by atoms with van der Waals surface area (Å²) in [5.41, 5.74) is 7.85. The van der Waals surface area contributed by atoms with Crippen molar-refractivity contribution in [2.75, 3.05) is 0 Å². The minimum atomic E-state index is -0.173. The monoisotopic (exact) mass is 324 g/mol. The van der Waals surface area contributed by atoms with E-state index in [0.717, 1.165) is 29.7 Å². The minimum Gasteiger partial charge on any atom is -0.267 e. The minimum absolute atomic E-state index is 0.0802. The average Bonchev–Trinajstić information content (AvgIpc) is 2.52. The number of hydrogen-bond donors (Lipinski definition) is 1. The third kappa shape index (κ3) is 4.44. The normalized spacial score (nSPS) is 19.8. The Balaban J connectivity index is 2.08. The number of nitrogens with one attached hydrogen (secondary N) is 1. The van der Waals surface area contributed by atoms with Crippen molar-refractivity contribution in [2.24, 2.45) is 11.0 Å². The number of hydrogen-bond acceptors (Lipinski definition) is 2. The van der Waals surface area contributed by atoms with Crippen molar-refractivity contribution in [3.8, 4) is 0 Å². The van der Waals surface area contributed by atoms with E-state index in [1.807, 2.05) is 38.1 Å². The molecule has 0 unspecified atom stereocenters. The van der Waals surface area contributed by atoms with Crippen LogP contribution in [-0.2, 0) is 5.41 Å². The SMILES string of the molecule is C=C(C)[C@H]1CC=C(C)/C(=N/NC(=O)c2ccc(C(C)(C)C)cc2)C1. The molecule has 1 aliphatic carbocycles. The summed E-state index contributed by atoms with van der Waals surface area (Å²) in [6.45, 7) is 14.6. The van der Waals surface area contributed by atoms with E-state index < -0.39 is 0 Å². The molecule has 3 heteroatoms. The summed E-state index contributed by atoms with van der Waals surface area (Å²) >= 11 is 0. The zero-order valence-electron chi connectivity index (χ0n) is 15.4. The van der Waals surface area contributed by atoms with E-state index in [0.29, 0.717) is 11.5 Å². The molecule has 1 aromatic carbocycles. The number of hydrazone groups is 1. The van der Waals surface area contributed by atoms with Crippen LogP contribution < -0.4 is 5.43 Å². The van der Waals surface area contributed by atoms with Crippen LogP contribution in [-0.4, -0.2) is 11.6 Å². The van der Waals surface area contributed by atoms with Gasteiger partial charge in [0, 0.05) is 5.56 Å². The van der Waals surface area contributed by atoms with Crippen molar-refractivity contribution in [3.63, 3.8) is 0 Å². The molecule has 1 N–H and O–H groups in total. The van der Waals surface area contributed by atoms with Gasteiger partial charge in [-0.15, -0.1) is 0 Å². The first-order valence-corrected chi connectivity index (χ1v) is 8.48. The van der Waals surface area contributed by atoms with Gasteiger partial charge in [-0.2, -0.15) is 5.10 Å². The molecular weight excluding hydrogens is 296 g/mol. The highest BCUT2D eigenvalue weighted by molar-refractivity contribution is 6.02. The van der Waals surface area contributed by atoms with Crippen LogP contribution in [0, 0.1) is 5.92 Å². The lowest BCUT2D eigenvalue weighted by Crippen LogP contribution is -2.23. The van der Waals surface area contributed by atoms with Gasteiger partial charge in [0.15, 0.2) is 0 Å². The van der Waals surface area contributed by atoms with Gasteiger partial charge in [-0.05, 0) is 61.3 Å². The predicted octanol–water partition coefficient (Wildman–Crippen LogP) is 5.00. The Morgan fingerprint density at radius 1 is 1.25 bits per heavy atom. The molecular formula is C21H28N2O. The van der Waals surface area contributed by atoms with Gasteiger partial charge in [-0.1, -0.05) is 51.1 Å². The van der Waals surface area contributed by atoms with Crippen molar-refractivity contribution in [2.45, 2.75) is 52.9 Å². The second-order valence-electron chi connectivity index (χ2n) is 7.70. The summed E-state index contributed by atoms with van der Waals surface area (Å²) in [5.74, 6) is 0.239. The molecule has 128 valence electrons. The Morgan fingerprint density at radius 2 is 1.88 bits per heavy atom. The van der Waals surface area contributed by atoms with Crippen molar-refractivity contribution < 1.29 is 4.79 Å². The first kappa shape index (κ1) is 18.2. The van der Waals surface area contributed by atoms with Gasteiger partial charge in [-0.3, -0.25) is 4.79 Å². The van der Waals surface area contributed by atoms with E-state index >= 15 is 0 Å². The second kappa shape index (κ2) is 7.16. The number of amides is 1. The van der Waals surface area contributed by atoms with Gasteiger partial charge < -0.3 is 0 Å². The first-order chi connectivity index (χ1) is 11.2. The van der Waals surface area contributed by atoms with Crippen LogP contribution in [0.2, 0.25) is 0 Å². The van der Waals surface area contributed by atoms with Crippen LogP contribution in [0.5, 0.6) is 0 Å². The Morgan fingerprint density at radius 3 is 2.42 bits per heavy atom. The second-order valence-corrected chi connectivity index (χ2v) is 7.70. The van der Waals surface area contributed by atoms with Crippen molar-refractivity contribution >= 4 is 11.6 Å². The number of carbonyl (C=O) groups excluding carboxylic acids is 1. The zero-order chi connectivity index (χ0) is 17.9. The Hall–Kier alpha value is -2.16. The quantitative estimate of drug-likeness (QED) is 0.617. The molecule has 0 saturated heterocycles. The lowest BCUT2D eigenvalue weighted by Gasteiger charge is -2.22. The summed E-state index contributed by atoms with van der Waals surface area (Å²) in [4.78, 5) is 12.3. The number of benzene rings is 1. The number of rotatable bonds is 3. The van der Waals surface area contributed by atoms with Crippen LogP contribution in [0.25, 0.3) is 0 Å². The summed E-state index contributed by atoms with van der Waals surface area (Å²) in [6, 6.07) is 7.72. The Kier molecular flexibility index (Phi) is 5.43. The molecule has 1 aliphatic rings. The smallest absolute Gasteiger partial charge is 0.267 e. The molecule has 1 aromatic rings. The van der Waals surface area contributed by atoms with Crippen LogP contribution in [0.4, 0.5) is 0 Å². The van der Waals surface area contributed by atoms with E-state index in [9.17, 15) is 4.79 Å². The third-order valence-corrected chi connectivity index (χ3v) is 4.61. The molecule has 0 radical (unpaired) electrons. The van der Waals surface area contributed by atoms with E-state index in [2.05, 4.69) is 44.0 Å². The maximum Gasteiger partial charge on any atom is 0.271 e. The highest BCUT2D eigenvalue weighted by Gasteiger charge is 2.19. The topological polar surface area (TPSA) is 41.5 Å². The van der Waals surface area contributed by atoms with Gasteiger partial charge in [0.2, 0.25) is 0 Å². The molecule has 0 saturated carbocycles. The van der Waals surface area contributed by atoms with Crippen LogP contribution in [0.15, 0.2) is 53.2 Å². The van der Waals surface area contributed by atoms with Gasteiger partial charge in [0.1, 0.15) is 0 Å². The lowest BCUT2D eigenvalue weighted by atomic mass is 9.85. The Labute approximate surface area is 145 Å². The molecule has 3 nitrogen and oxygen atoms in total. The highest BCUT2D eigenvalue weighted by Crippen LogP contribution is 2.26. The summed E-state index contributed by atoms with van der Waals surface area (Å²) in [7, 11) is 0. The number of allylic oxidation sites excluding steroid dienone is 3. The molecule has 2 rings (SSSR count). The number of carbonyl (C=O) groups is 1. The number of nitrogens with zero attached hydrogens (tertiary/aromatic N) is 1. The molecule has 0 aromatic heterocycles. The highest BCUT2D eigenvalue weighted by atomic mass is 16.2. The molecule has 1 atom stereocenters. The van der Waals surface area contributed by atoms with Crippen LogP contribution in [0.1, 0.15) is 63.4 Å². The van der Waals surface area contributed by atoms with Gasteiger partial charge in [0.05, 0.1) is 5.71 Å². The summed E-state index contributed by atoms with van der Waals surface area (Å²) in [6.07, 6.45) is 4.01. The molecule has 24 heavy (non-hydrogen) atoms. The van der Waals surface area contributed by atoms with Crippen molar-refractivity contribution in [3.05, 3.63) is 59.2 Å². The molecule has 0 bridgehead atoms. The first-order valence-electron chi connectivity index (χ1n) is 8.48. The van der Waals surface area contributed by atoms with Crippen molar-refractivity contribution in [1.29, 1.82) is 0 Å². The maximum absolute atomic E-state index is 12.3. The predicted molar refractivity (Wildman–Crippen MR) is 101 cm³/mol. The molecule has 0 spiro atoms. The van der Waals surface area contributed by atoms with Crippen LogP contribution in [0.3, 0.4) is 0 Å². The van der Waals surface area contributed by atoms with Gasteiger partial charge in [0.25, 0.3) is 5.91 Å². The summed E-state index contributed by atoms with van der Waals surface area (Å²) < 4.78 is 0. The molecule has 0 aliphatic heterocycles. The Bertz CT molecular complexity index is 688. The largest absolute Gasteiger partial charge is 0.271 e. The van der Waals surface area contributed by atoms with Gasteiger partial charge >= 0.3 is 0 Å². The fourth-order valence-electron chi connectivity index (χ4n) is 2.73. The van der Waals surface area contributed by atoms with Crippen molar-refractivity contribution in [1.82, 2.24) is 5.43 Å². The van der Waals surface area contributed by atoms with Gasteiger partial charge in [-0.25, -0.2) is 5.43 Å². The molecule has 0 heterocycles. The van der Waals surface area contributed by atoms with E-state index in [4.69, 9.17) is 0 Å². The lowest BCUT2D eigenvalue weighted by molar-refractivity contribution is 0.0954. The van der Waals surface area contributed by atoms with E-state index in [1.54, 1.807) is 0 Å². The molecule has 1 amide bonds. The average molecular weight is 324 g/mol. The summed E-state index contributed by atoms with van der Waals surface area (Å²) in [5, 5.41) is 4.35. The zero-order valence-corrected chi connectivity index (χ0v) is 15.4. The van der Waals surface area contributed by atoms with Crippen LogP contribution >= 0.6 is 0 Å². The van der Waals surface area contributed by atoms with E-state index in [-0.39, 0.29) is 11.3 Å². The maximum atomic E-state index is 12.3. The fourth-order valence-corrected chi connectivity index (χ4v) is 2.73. The fraction of sp³-hybridized carbons (Fsp3) is 0.429. The third-order valence-electron chi connectivity index (χ3n) is 4.61. The standard InChI is InChI=1S/C21H28N2O/c1-14(2)17-8-7-15(3)19(13-17)22-23-20(24)16-9-11-18(12-10-16)21(4,5)6/h7,9-12,17H,1,8,13H2,2-6H3,(H,23,24)/b22-19+/t17-/m0/s1. The van der Waals surface area contributed by atoms with E-state index in [1.165, 1.54) is 5.56 Å².